The number of halogens is 2. The van der Waals surface area contributed by atoms with Gasteiger partial charge in [0, 0.05) is 47.8 Å². The molecule has 0 bridgehead atoms. The highest BCUT2D eigenvalue weighted by molar-refractivity contribution is 6.11. The van der Waals surface area contributed by atoms with Crippen molar-refractivity contribution < 1.29 is 33.1 Å². The Kier molecular flexibility index (Phi) is 10.1. The van der Waals surface area contributed by atoms with E-state index in [1.807, 2.05) is 0 Å². The van der Waals surface area contributed by atoms with Gasteiger partial charge >= 0.3 is 5.97 Å². The van der Waals surface area contributed by atoms with Crippen molar-refractivity contribution in [3.8, 4) is 22.5 Å². The van der Waals surface area contributed by atoms with Crippen LogP contribution in [0.2, 0.25) is 0 Å². The number of anilines is 2. The Bertz CT molecular complexity index is 1960. The standard InChI is InChI=1S/C31H33FN6O5.C6H6FN/c1-17-25(28(40)33-11-14-38-12-3-2-4-13-38)37-26(35-17)21-8-7-19(22-16-34-27(39)24(21)22)20-6-5-18(15-23(20)32)36-29(41)31(9-10-31)30(42)43;7-5-1-3-6(8)4-2-5/h5-8,15H,2-4,9-14,16H2,1H3,(H,33,40)(H,34,39)(H,35,37)(H,36,41)(H,42,43);1-4H,8H2. The molecule has 7 N–H and O–H groups in total. The third-order valence-electron chi connectivity index (χ3n) is 9.46. The van der Waals surface area contributed by atoms with Gasteiger partial charge in [0.1, 0.15) is 28.6 Å². The van der Waals surface area contributed by atoms with E-state index < -0.39 is 23.1 Å². The molecule has 3 aliphatic rings. The molecule has 14 heteroatoms. The second-order valence-electron chi connectivity index (χ2n) is 13.0. The number of carboxylic acids is 1. The molecule has 0 radical (unpaired) electrons. The number of amides is 3. The smallest absolute Gasteiger partial charge is 0.319 e. The first kappa shape index (κ1) is 35.2. The number of aliphatic carboxylic acids is 1. The van der Waals surface area contributed by atoms with Crippen molar-refractivity contribution in [1.82, 2.24) is 25.5 Å². The minimum absolute atomic E-state index is 0.147. The van der Waals surface area contributed by atoms with Crippen molar-refractivity contribution in [3.63, 3.8) is 0 Å². The quantitative estimate of drug-likeness (QED) is 0.106. The third-order valence-corrected chi connectivity index (χ3v) is 9.46. The molecule has 0 atom stereocenters. The number of aromatic nitrogens is 2. The van der Waals surface area contributed by atoms with E-state index in [-0.39, 0.29) is 54.0 Å². The number of likely N-dealkylation sites (tertiary alicyclic amines) is 1. The average Bonchev–Trinajstić information content (AvgIpc) is 3.73. The highest BCUT2D eigenvalue weighted by Gasteiger charge is 2.57. The molecule has 3 aromatic carbocycles. The number of rotatable bonds is 9. The molecule has 2 aliphatic heterocycles. The van der Waals surface area contributed by atoms with Crippen molar-refractivity contribution >= 4 is 35.1 Å². The zero-order valence-corrected chi connectivity index (χ0v) is 28.1. The Labute approximate surface area is 292 Å². The van der Waals surface area contributed by atoms with Crippen LogP contribution in [0, 0.1) is 24.0 Å². The SMILES string of the molecule is Cc1[nH]c(-c2ccc(-c3ccc(NC(=O)C4(C(=O)O)CC4)cc3F)c3c2C(=O)NC3)nc1C(=O)NCCN1CCCCC1.Nc1ccc(F)cc1. The lowest BCUT2D eigenvalue weighted by molar-refractivity contribution is -0.147. The number of imidazole rings is 1. The number of aromatic amines is 1. The van der Waals surface area contributed by atoms with Gasteiger partial charge in [-0.1, -0.05) is 12.5 Å². The summed E-state index contributed by atoms with van der Waals surface area (Å²) in [6.45, 7) is 5.32. The van der Waals surface area contributed by atoms with Crippen LogP contribution < -0.4 is 21.7 Å². The summed E-state index contributed by atoms with van der Waals surface area (Å²) in [4.78, 5) is 59.8. The highest BCUT2D eigenvalue weighted by atomic mass is 19.1. The van der Waals surface area contributed by atoms with E-state index in [1.165, 1.54) is 55.7 Å². The van der Waals surface area contributed by atoms with Crippen molar-refractivity contribution in [1.29, 1.82) is 0 Å². The maximum atomic E-state index is 15.4. The van der Waals surface area contributed by atoms with Crippen LogP contribution in [-0.2, 0) is 16.1 Å². The van der Waals surface area contributed by atoms with Gasteiger partial charge in [-0.05, 0) is 105 Å². The maximum absolute atomic E-state index is 15.4. The lowest BCUT2D eigenvalue weighted by Gasteiger charge is -2.26. The molecule has 12 nitrogen and oxygen atoms in total. The molecular formula is C37H39F2N7O5. The number of benzene rings is 3. The number of nitrogens with two attached hydrogens (primary N) is 1. The summed E-state index contributed by atoms with van der Waals surface area (Å²) in [5, 5.41) is 17.6. The summed E-state index contributed by atoms with van der Waals surface area (Å²) in [7, 11) is 0. The van der Waals surface area contributed by atoms with Crippen molar-refractivity contribution in [2.24, 2.45) is 5.41 Å². The first-order valence-corrected chi connectivity index (χ1v) is 16.8. The van der Waals surface area contributed by atoms with Gasteiger partial charge in [-0.3, -0.25) is 19.2 Å². The summed E-state index contributed by atoms with van der Waals surface area (Å²) in [6.07, 6.45) is 4.09. The number of hydrogen-bond donors (Lipinski definition) is 6. The molecule has 266 valence electrons. The Hall–Kier alpha value is -5.63. The summed E-state index contributed by atoms with van der Waals surface area (Å²) in [5.74, 6) is -3.01. The molecule has 4 aromatic rings. The normalized spacial score (nSPS) is 15.9. The number of H-pyrrole nitrogens is 1. The van der Waals surface area contributed by atoms with Gasteiger partial charge < -0.3 is 36.7 Å². The molecule has 3 heterocycles. The Balaban J connectivity index is 0.000000495. The van der Waals surface area contributed by atoms with Crippen LogP contribution in [0.25, 0.3) is 22.5 Å². The van der Waals surface area contributed by atoms with Gasteiger partial charge in [-0.25, -0.2) is 13.8 Å². The van der Waals surface area contributed by atoms with Gasteiger partial charge in [0.2, 0.25) is 5.91 Å². The zero-order valence-electron chi connectivity index (χ0n) is 28.1. The largest absolute Gasteiger partial charge is 0.480 e. The molecule has 0 spiro atoms. The van der Waals surface area contributed by atoms with Crippen LogP contribution in [0.3, 0.4) is 0 Å². The highest BCUT2D eigenvalue weighted by Crippen LogP contribution is 2.47. The fourth-order valence-electron chi connectivity index (χ4n) is 6.39. The summed E-state index contributed by atoms with van der Waals surface area (Å²) in [6, 6.07) is 13.2. The van der Waals surface area contributed by atoms with Gasteiger partial charge in [0.25, 0.3) is 11.8 Å². The molecule has 1 saturated carbocycles. The first-order chi connectivity index (χ1) is 24.5. The van der Waals surface area contributed by atoms with E-state index in [1.54, 1.807) is 19.1 Å². The van der Waals surface area contributed by atoms with Crippen LogP contribution in [0.5, 0.6) is 0 Å². The van der Waals surface area contributed by atoms with Crippen LogP contribution in [-0.4, -0.2) is 69.8 Å². The number of nitrogens with zero attached hydrogens (tertiary/aromatic N) is 2. The Morgan fingerprint density at radius 2 is 1.67 bits per heavy atom. The molecule has 2 fully saturated rings. The number of carbonyl (C=O) groups excluding carboxylic acids is 3. The van der Waals surface area contributed by atoms with Crippen LogP contribution in [0.4, 0.5) is 20.2 Å². The predicted molar refractivity (Wildman–Crippen MR) is 187 cm³/mol. The van der Waals surface area contributed by atoms with Crippen molar-refractivity contribution in [3.05, 3.63) is 88.7 Å². The van der Waals surface area contributed by atoms with E-state index in [9.17, 15) is 28.7 Å². The average molecular weight is 700 g/mol. The molecule has 0 unspecified atom stereocenters. The fraction of sp³-hybridized carbons (Fsp3) is 0.324. The zero-order chi connectivity index (χ0) is 36.3. The summed E-state index contributed by atoms with van der Waals surface area (Å²) in [5.41, 5.74) is 7.52. The van der Waals surface area contributed by atoms with Crippen molar-refractivity contribution in [2.45, 2.75) is 45.6 Å². The summed E-state index contributed by atoms with van der Waals surface area (Å²) >= 11 is 0. The van der Waals surface area contributed by atoms with E-state index in [0.717, 1.165) is 25.7 Å². The second kappa shape index (κ2) is 14.7. The van der Waals surface area contributed by atoms with Gasteiger partial charge in [-0.2, -0.15) is 0 Å². The molecule has 1 aromatic heterocycles. The number of hydrogen-bond acceptors (Lipinski definition) is 7. The van der Waals surface area contributed by atoms with E-state index in [4.69, 9.17) is 5.73 Å². The van der Waals surface area contributed by atoms with Gasteiger partial charge in [0.05, 0.1) is 5.56 Å². The molecule has 7 rings (SSSR count). The van der Waals surface area contributed by atoms with Crippen LogP contribution in [0.1, 0.15) is 64.2 Å². The first-order valence-electron chi connectivity index (χ1n) is 16.8. The lowest BCUT2D eigenvalue weighted by Crippen LogP contribution is -2.37. The maximum Gasteiger partial charge on any atom is 0.319 e. The molecule has 51 heavy (non-hydrogen) atoms. The number of fused-ring (bicyclic) bond motifs is 1. The minimum atomic E-state index is -1.45. The van der Waals surface area contributed by atoms with E-state index in [2.05, 4.69) is 30.8 Å². The Morgan fingerprint density at radius 1 is 0.980 bits per heavy atom. The van der Waals surface area contributed by atoms with Crippen molar-refractivity contribution in [2.75, 3.05) is 37.2 Å². The van der Waals surface area contributed by atoms with Gasteiger partial charge in [0.15, 0.2) is 0 Å². The minimum Gasteiger partial charge on any atom is -0.480 e. The molecule has 1 saturated heterocycles. The topological polar surface area (TPSA) is 183 Å². The number of carbonyl (C=O) groups is 4. The number of nitrogens with one attached hydrogen (secondary N) is 4. The number of carboxylic acid groups (broad SMARTS) is 1. The number of nitrogen functional groups attached to an aromatic ring is 1. The van der Waals surface area contributed by atoms with Crippen LogP contribution >= 0.6 is 0 Å². The number of piperidine rings is 1. The lowest BCUT2D eigenvalue weighted by atomic mass is 9.92. The second-order valence-corrected chi connectivity index (χ2v) is 13.0. The van der Waals surface area contributed by atoms with Gasteiger partial charge in [-0.15, -0.1) is 0 Å². The fourth-order valence-corrected chi connectivity index (χ4v) is 6.39. The Morgan fingerprint density at radius 3 is 2.31 bits per heavy atom. The van der Waals surface area contributed by atoms with E-state index in [0.29, 0.717) is 46.0 Å². The molecular weight excluding hydrogens is 660 g/mol. The molecule has 1 aliphatic carbocycles. The third kappa shape index (κ3) is 7.60. The van der Waals surface area contributed by atoms with E-state index >= 15 is 4.39 Å². The monoisotopic (exact) mass is 699 g/mol. The van der Waals surface area contributed by atoms with Crippen LogP contribution in [0.15, 0.2) is 54.6 Å². The number of aryl methyl sites for hydroxylation is 1. The summed E-state index contributed by atoms with van der Waals surface area (Å²) < 4.78 is 27.4. The predicted octanol–water partition coefficient (Wildman–Crippen LogP) is 4.86. The molecule has 3 amide bonds.